The van der Waals surface area contributed by atoms with E-state index in [0.717, 1.165) is 17.9 Å². The topological polar surface area (TPSA) is 25.2 Å². The molecule has 0 fully saturated rings. The summed E-state index contributed by atoms with van der Waals surface area (Å²) in [6.07, 6.45) is 1.02. The predicted octanol–water partition coefficient (Wildman–Crippen LogP) is 4.53. The van der Waals surface area contributed by atoms with Crippen LogP contribution in [0.4, 0.5) is 0 Å². The summed E-state index contributed by atoms with van der Waals surface area (Å²) in [5, 5.41) is 3.26. The highest BCUT2D eigenvalue weighted by molar-refractivity contribution is 14.1. The number of benzene rings is 1. The third-order valence-electron chi connectivity index (χ3n) is 3.19. The third-order valence-corrected chi connectivity index (χ3v) is 3.86. The highest BCUT2D eigenvalue weighted by Crippen LogP contribution is 2.29. The second kappa shape index (κ2) is 5.89. The molecule has 1 aromatic heterocycles. The monoisotopic (exact) mass is 355 g/mol. The maximum atomic E-state index is 5.98. The van der Waals surface area contributed by atoms with Gasteiger partial charge in [0, 0.05) is 9.13 Å². The molecule has 1 heterocycles. The van der Waals surface area contributed by atoms with Crippen LogP contribution in [0.1, 0.15) is 30.7 Å². The SMILES string of the molecule is CCC(NC)c1ccc(-c2cc(I)ccc2C)o1. The molecule has 1 unspecified atom stereocenters. The summed E-state index contributed by atoms with van der Waals surface area (Å²) in [6.45, 7) is 4.27. The smallest absolute Gasteiger partial charge is 0.134 e. The van der Waals surface area contributed by atoms with Crippen molar-refractivity contribution in [2.45, 2.75) is 26.3 Å². The average molecular weight is 355 g/mol. The zero-order valence-corrected chi connectivity index (χ0v) is 13.1. The molecule has 2 nitrogen and oxygen atoms in total. The lowest BCUT2D eigenvalue weighted by atomic mass is 10.1. The van der Waals surface area contributed by atoms with Crippen LogP contribution in [0.2, 0.25) is 0 Å². The van der Waals surface area contributed by atoms with Gasteiger partial charge in [-0.3, -0.25) is 0 Å². The van der Waals surface area contributed by atoms with Crippen molar-refractivity contribution in [3.05, 3.63) is 45.2 Å². The lowest BCUT2D eigenvalue weighted by Gasteiger charge is -2.10. The molecule has 0 saturated carbocycles. The van der Waals surface area contributed by atoms with E-state index in [-0.39, 0.29) is 0 Å². The van der Waals surface area contributed by atoms with E-state index in [0.29, 0.717) is 6.04 Å². The number of aryl methyl sites for hydroxylation is 1. The second-order valence-corrected chi connectivity index (χ2v) is 5.66. The Labute approximate surface area is 122 Å². The summed E-state index contributed by atoms with van der Waals surface area (Å²) in [5.74, 6) is 1.96. The van der Waals surface area contributed by atoms with Crippen LogP contribution in [0.3, 0.4) is 0 Å². The zero-order valence-electron chi connectivity index (χ0n) is 11.0. The van der Waals surface area contributed by atoms with Crippen molar-refractivity contribution in [1.29, 1.82) is 0 Å². The Kier molecular flexibility index (Phi) is 4.45. The number of furan rings is 1. The number of halogens is 1. The standard InChI is InChI=1S/C15H18INO/c1-4-13(17-3)15-8-7-14(18-15)12-9-11(16)6-5-10(12)2/h5-9,13,17H,4H2,1-3H3. The van der Waals surface area contributed by atoms with Crippen molar-refractivity contribution in [3.63, 3.8) is 0 Å². The van der Waals surface area contributed by atoms with Gasteiger partial charge in [0.1, 0.15) is 11.5 Å². The molecule has 1 atom stereocenters. The maximum absolute atomic E-state index is 5.98. The summed E-state index contributed by atoms with van der Waals surface area (Å²) in [6, 6.07) is 10.8. The molecule has 2 rings (SSSR count). The van der Waals surface area contributed by atoms with Crippen LogP contribution >= 0.6 is 22.6 Å². The fourth-order valence-corrected chi connectivity index (χ4v) is 2.58. The Morgan fingerprint density at radius 1 is 1.28 bits per heavy atom. The number of nitrogens with one attached hydrogen (secondary N) is 1. The van der Waals surface area contributed by atoms with Crippen LogP contribution in [0.25, 0.3) is 11.3 Å². The van der Waals surface area contributed by atoms with Crippen molar-refractivity contribution in [2.24, 2.45) is 0 Å². The highest BCUT2D eigenvalue weighted by Gasteiger charge is 2.13. The van der Waals surface area contributed by atoms with E-state index >= 15 is 0 Å². The molecule has 0 radical (unpaired) electrons. The summed E-state index contributed by atoms with van der Waals surface area (Å²) in [4.78, 5) is 0. The zero-order chi connectivity index (χ0) is 13.1. The molecule has 96 valence electrons. The Morgan fingerprint density at radius 2 is 2.06 bits per heavy atom. The molecular weight excluding hydrogens is 337 g/mol. The van der Waals surface area contributed by atoms with Crippen molar-refractivity contribution in [3.8, 4) is 11.3 Å². The van der Waals surface area contributed by atoms with E-state index in [2.05, 4.69) is 72.1 Å². The molecule has 0 amide bonds. The minimum Gasteiger partial charge on any atom is -0.459 e. The van der Waals surface area contributed by atoms with Crippen molar-refractivity contribution in [2.75, 3.05) is 7.05 Å². The quantitative estimate of drug-likeness (QED) is 0.816. The molecule has 0 aliphatic carbocycles. The molecule has 0 spiro atoms. The lowest BCUT2D eigenvalue weighted by Crippen LogP contribution is -2.14. The van der Waals surface area contributed by atoms with E-state index < -0.39 is 0 Å². The van der Waals surface area contributed by atoms with Crippen molar-refractivity contribution >= 4 is 22.6 Å². The fraction of sp³-hybridized carbons (Fsp3) is 0.333. The first-order valence-corrected chi connectivity index (χ1v) is 7.27. The summed E-state index contributed by atoms with van der Waals surface area (Å²) >= 11 is 2.33. The van der Waals surface area contributed by atoms with Gasteiger partial charge in [0.15, 0.2) is 0 Å². The second-order valence-electron chi connectivity index (χ2n) is 4.41. The Balaban J connectivity index is 2.37. The van der Waals surface area contributed by atoms with Gasteiger partial charge in [-0.15, -0.1) is 0 Å². The van der Waals surface area contributed by atoms with E-state index in [9.17, 15) is 0 Å². The van der Waals surface area contributed by atoms with Crippen LogP contribution in [-0.4, -0.2) is 7.05 Å². The lowest BCUT2D eigenvalue weighted by molar-refractivity contribution is 0.431. The fourth-order valence-electron chi connectivity index (χ4n) is 2.09. The van der Waals surface area contributed by atoms with Gasteiger partial charge >= 0.3 is 0 Å². The normalized spacial score (nSPS) is 12.7. The first kappa shape index (κ1) is 13.6. The van der Waals surface area contributed by atoms with Crippen LogP contribution in [0.15, 0.2) is 34.7 Å². The largest absolute Gasteiger partial charge is 0.459 e. The third kappa shape index (κ3) is 2.78. The Morgan fingerprint density at radius 3 is 2.72 bits per heavy atom. The molecule has 18 heavy (non-hydrogen) atoms. The molecule has 3 heteroatoms. The first-order chi connectivity index (χ1) is 8.65. The minimum absolute atomic E-state index is 0.293. The van der Waals surface area contributed by atoms with Gasteiger partial charge in [-0.25, -0.2) is 0 Å². The molecule has 2 aromatic rings. The molecule has 0 aliphatic heterocycles. The van der Waals surface area contributed by atoms with E-state index in [4.69, 9.17) is 4.42 Å². The van der Waals surface area contributed by atoms with Crippen molar-refractivity contribution < 1.29 is 4.42 Å². The van der Waals surface area contributed by atoms with Gasteiger partial charge in [-0.2, -0.15) is 0 Å². The number of rotatable bonds is 4. The van der Waals surface area contributed by atoms with Gasteiger partial charge in [0.2, 0.25) is 0 Å². The van der Waals surface area contributed by atoms with E-state index in [1.54, 1.807) is 0 Å². The maximum Gasteiger partial charge on any atom is 0.134 e. The van der Waals surface area contributed by atoms with Crippen LogP contribution < -0.4 is 5.32 Å². The van der Waals surface area contributed by atoms with Crippen LogP contribution in [0, 0.1) is 10.5 Å². The van der Waals surface area contributed by atoms with Crippen molar-refractivity contribution in [1.82, 2.24) is 5.32 Å². The van der Waals surface area contributed by atoms with Gasteiger partial charge in [0.05, 0.1) is 6.04 Å². The number of hydrogen-bond acceptors (Lipinski definition) is 2. The first-order valence-electron chi connectivity index (χ1n) is 6.19. The molecule has 0 aliphatic rings. The number of hydrogen-bond donors (Lipinski definition) is 1. The van der Waals surface area contributed by atoms with E-state index in [1.807, 2.05) is 7.05 Å². The molecule has 1 N–H and O–H groups in total. The highest BCUT2D eigenvalue weighted by atomic mass is 127. The Hall–Kier alpha value is -0.810. The van der Waals surface area contributed by atoms with E-state index in [1.165, 1.54) is 14.7 Å². The average Bonchev–Trinajstić information content (AvgIpc) is 2.83. The summed E-state index contributed by atoms with van der Waals surface area (Å²) < 4.78 is 7.21. The summed E-state index contributed by atoms with van der Waals surface area (Å²) in [5.41, 5.74) is 2.42. The van der Waals surface area contributed by atoms with Crippen LogP contribution in [-0.2, 0) is 0 Å². The summed E-state index contributed by atoms with van der Waals surface area (Å²) in [7, 11) is 1.97. The molecule has 0 saturated heterocycles. The van der Waals surface area contributed by atoms with Crippen LogP contribution in [0.5, 0.6) is 0 Å². The molecule has 0 bridgehead atoms. The van der Waals surface area contributed by atoms with Gasteiger partial charge in [0.25, 0.3) is 0 Å². The predicted molar refractivity (Wildman–Crippen MR) is 83.7 cm³/mol. The Bertz CT molecular complexity index is 529. The molecule has 1 aromatic carbocycles. The van der Waals surface area contributed by atoms with Gasteiger partial charge in [-0.05, 0) is 72.8 Å². The molecular formula is C15H18INO. The van der Waals surface area contributed by atoms with Gasteiger partial charge in [-0.1, -0.05) is 13.0 Å². The minimum atomic E-state index is 0.293. The van der Waals surface area contributed by atoms with Gasteiger partial charge < -0.3 is 9.73 Å².